The van der Waals surface area contributed by atoms with Gasteiger partial charge in [0.05, 0.1) is 4.90 Å². The predicted octanol–water partition coefficient (Wildman–Crippen LogP) is 4.43. The number of aryl methyl sites for hydroxylation is 1. The molecule has 3 aromatic carbocycles. The van der Waals surface area contributed by atoms with Gasteiger partial charge in [-0.3, -0.25) is 4.79 Å². The fraction of sp³-hybridized carbons (Fsp3) is 0.0800. The predicted molar refractivity (Wildman–Crippen MR) is 128 cm³/mol. The van der Waals surface area contributed by atoms with E-state index in [0.29, 0.717) is 16.9 Å². The number of nitrogens with zero attached hydrogens (tertiary/aromatic N) is 2. The van der Waals surface area contributed by atoms with Gasteiger partial charge in [-0.15, -0.1) is 0 Å². The number of benzene rings is 3. The van der Waals surface area contributed by atoms with Crippen molar-refractivity contribution in [1.29, 1.82) is 0 Å². The van der Waals surface area contributed by atoms with Crippen molar-refractivity contribution >= 4 is 27.6 Å². The molecule has 0 saturated carbocycles. The average Bonchev–Trinajstić information content (AvgIpc) is 2.80. The van der Waals surface area contributed by atoms with Crippen LogP contribution in [0.5, 0.6) is 0 Å². The van der Waals surface area contributed by atoms with E-state index in [-0.39, 0.29) is 16.8 Å². The highest BCUT2D eigenvalue weighted by atomic mass is 32.2. The first kappa shape index (κ1) is 22.2. The molecular weight excluding hydrogens is 436 g/mol. The summed E-state index contributed by atoms with van der Waals surface area (Å²) in [5.41, 5.74) is 3.96. The number of nitrogens with one attached hydrogen (secondary N) is 2. The van der Waals surface area contributed by atoms with E-state index in [1.165, 1.54) is 36.0 Å². The van der Waals surface area contributed by atoms with Gasteiger partial charge < -0.3 is 5.32 Å². The van der Waals surface area contributed by atoms with Gasteiger partial charge in [-0.25, -0.2) is 23.1 Å². The molecule has 1 heterocycles. The molecule has 166 valence electrons. The van der Waals surface area contributed by atoms with E-state index in [1.54, 1.807) is 25.1 Å². The molecule has 1 amide bonds. The molecule has 8 heteroatoms. The van der Waals surface area contributed by atoms with Crippen LogP contribution in [-0.2, 0) is 16.4 Å². The van der Waals surface area contributed by atoms with Crippen molar-refractivity contribution < 1.29 is 13.2 Å². The second-order valence-electron chi connectivity index (χ2n) is 7.46. The normalized spacial score (nSPS) is 11.1. The van der Waals surface area contributed by atoms with Crippen LogP contribution in [0.1, 0.15) is 27.2 Å². The molecule has 0 radical (unpaired) electrons. The lowest BCUT2D eigenvalue weighted by Gasteiger charge is -2.09. The Bertz CT molecular complexity index is 1360. The highest BCUT2D eigenvalue weighted by molar-refractivity contribution is 7.92. The molecule has 0 saturated heterocycles. The highest BCUT2D eigenvalue weighted by Crippen LogP contribution is 2.18. The van der Waals surface area contributed by atoms with Crippen molar-refractivity contribution in [3.63, 3.8) is 0 Å². The first-order valence-electron chi connectivity index (χ1n) is 10.3. The molecule has 33 heavy (non-hydrogen) atoms. The Morgan fingerprint density at radius 3 is 2.18 bits per heavy atom. The molecule has 0 fully saturated rings. The monoisotopic (exact) mass is 458 g/mol. The quantitative estimate of drug-likeness (QED) is 0.427. The topological polar surface area (TPSA) is 101 Å². The van der Waals surface area contributed by atoms with Gasteiger partial charge >= 0.3 is 0 Å². The molecule has 0 unspecified atom stereocenters. The van der Waals surface area contributed by atoms with Gasteiger partial charge in [-0.1, -0.05) is 42.5 Å². The van der Waals surface area contributed by atoms with Gasteiger partial charge in [-0.05, 0) is 66.9 Å². The molecule has 0 aliphatic carbocycles. The van der Waals surface area contributed by atoms with E-state index >= 15 is 0 Å². The van der Waals surface area contributed by atoms with Gasteiger partial charge in [-0.2, -0.15) is 0 Å². The van der Waals surface area contributed by atoms with Crippen molar-refractivity contribution in [1.82, 2.24) is 9.97 Å². The minimum atomic E-state index is -3.85. The number of aromatic nitrogens is 2. The summed E-state index contributed by atoms with van der Waals surface area (Å²) in [6, 6.07) is 25.1. The first-order chi connectivity index (χ1) is 15.9. The molecule has 4 aromatic rings. The summed E-state index contributed by atoms with van der Waals surface area (Å²) in [4.78, 5) is 20.6. The summed E-state index contributed by atoms with van der Waals surface area (Å²) in [7, 11) is -3.85. The lowest BCUT2D eigenvalue weighted by atomic mass is 10.0. The zero-order chi connectivity index (χ0) is 23.3. The standard InChI is InChI=1S/C25H22N4O3S/c1-18-15-16-26-25(27-18)29-33(31,32)23-13-11-22(12-14-23)28-24(30)21-9-7-20(8-10-21)17-19-5-3-2-4-6-19/h2-16H,17H2,1H3,(H,28,30)(H,26,27,29). The molecular formula is C25H22N4O3S. The highest BCUT2D eigenvalue weighted by Gasteiger charge is 2.16. The van der Waals surface area contributed by atoms with Crippen molar-refractivity contribution in [3.8, 4) is 0 Å². The van der Waals surface area contributed by atoms with Crippen molar-refractivity contribution in [2.24, 2.45) is 0 Å². The maximum atomic E-state index is 12.6. The van der Waals surface area contributed by atoms with E-state index in [1.807, 2.05) is 30.3 Å². The summed E-state index contributed by atoms with van der Waals surface area (Å²) in [6.07, 6.45) is 2.27. The van der Waals surface area contributed by atoms with E-state index in [0.717, 1.165) is 12.0 Å². The van der Waals surface area contributed by atoms with Crippen molar-refractivity contribution in [2.45, 2.75) is 18.2 Å². The van der Waals surface area contributed by atoms with Crippen LogP contribution in [0.25, 0.3) is 0 Å². The zero-order valence-electron chi connectivity index (χ0n) is 17.9. The summed E-state index contributed by atoms with van der Waals surface area (Å²) in [6.45, 7) is 1.74. The lowest BCUT2D eigenvalue weighted by molar-refractivity contribution is 0.102. The Kier molecular flexibility index (Phi) is 6.46. The number of hydrogen-bond donors (Lipinski definition) is 2. The van der Waals surface area contributed by atoms with E-state index < -0.39 is 10.0 Å². The second-order valence-corrected chi connectivity index (χ2v) is 9.15. The third-order valence-corrected chi connectivity index (χ3v) is 6.25. The number of carbonyl (C=O) groups is 1. The average molecular weight is 459 g/mol. The molecule has 7 nitrogen and oxygen atoms in total. The molecule has 0 aliphatic heterocycles. The zero-order valence-corrected chi connectivity index (χ0v) is 18.7. The fourth-order valence-electron chi connectivity index (χ4n) is 3.20. The minimum Gasteiger partial charge on any atom is -0.322 e. The van der Waals surface area contributed by atoms with E-state index in [4.69, 9.17) is 0 Å². The number of sulfonamides is 1. The van der Waals surface area contributed by atoms with Gasteiger partial charge in [0.15, 0.2) is 0 Å². The van der Waals surface area contributed by atoms with Crippen LogP contribution in [0.2, 0.25) is 0 Å². The molecule has 0 aliphatic rings. The number of anilines is 2. The Morgan fingerprint density at radius 2 is 1.52 bits per heavy atom. The minimum absolute atomic E-state index is 0.00286. The van der Waals surface area contributed by atoms with Crippen molar-refractivity contribution in [2.75, 3.05) is 10.0 Å². The molecule has 0 atom stereocenters. The van der Waals surface area contributed by atoms with Gasteiger partial charge in [0, 0.05) is 23.1 Å². The molecule has 0 spiro atoms. The molecule has 4 rings (SSSR count). The molecule has 2 N–H and O–H groups in total. The number of rotatable bonds is 7. The van der Waals surface area contributed by atoms with Crippen LogP contribution in [0.4, 0.5) is 11.6 Å². The maximum Gasteiger partial charge on any atom is 0.264 e. The lowest BCUT2D eigenvalue weighted by Crippen LogP contribution is -2.16. The van der Waals surface area contributed by atoms with Gasteiger partial charge in [0.25, 0.3) is 15.9 Å². The van der Waals surface area contributed by atoms with Crippen LogP contribution in [0, 0.1) is 6.92 Å². The molecule has 1 aromatic heterocycles. The maximum absolute atomic E-state index is 12.6. The Morgan fingerprint density at radius 1 is 0.848 bits per heavy atom. The van der Waals surface area contributed by atoms with E-state index in [2.05, 4.69) is 32.1 Å². The van der Waals surface area contributed by atoms with Gasteiger partial charge in [0.1, 0.15) is 0 Å². The third-order valence-electron chi connectivity index (χ3n) is 4.91. The third kappa shape index (κ3) is 5.81. The largest absolute Gasteiger partial charge is 0.322 e. The number of carbonyl (C=O) groups excluding carboxylic acids is 1. The Balaban J connectivity index is 1.39. The van der Waals surface area contributed by atoms with Crippen LogP contribution in [0.3, 0.4) is 0 Å². The van der Waals surface area contributed by atoms with Crippen molar-refractivity contribution in [3.05, 3.63) is 114 Å². The SMILES string of the molecule is Cc1ccnc(NS(=O)(=O)c2ccc(NC(=O)c3ccc(Cc4ccccc4)cc3)cc2)n1. The van der Waals surface area contributed by atoms with Crippen LogP contribution < -0.4 is 10.0 Å². The number of amides is 1. The summed E-state index contributed by atoms with van der Waals surface area (Å²) in [5, 5.41) is 2.78. The summed E-state index contributed by atoms with van der Waals surface area (Å²) >= 11 is 0. The van der Waals surface area contributed by atoms with Crippen LogP contribution in [0.15, 0.2) is 96.0 Å². The fourth-order valence-corrected chi connectivity index (χ4v) is 4.15. The van der Waals surface area contributed by atoms with E-state index in [9.17, 15) is 13.2 Å². The second kappa shape index (κ2) is 9.62. The smallest absolute Gasteiger partial charge is 0.264 e. The number of hydrogen-bond acceptors (Lipinski definition) is 5. The first-order valence-corrected chi connectivity index (χ1v) is 11.7. The Labute approximate surface area is 192 Å². The van der Waals surface area contributed by atoms with Crippen LogP contribution in [-0.4, -0.2) is 24.3 Å². The Hall–Kier alpha value is -4.04. The summed E-state index contributed by atoms with van der Waals surface area (Å²) in [5.74, 6) is -0.272. The van der Waals surface area contributed by atoms with Crippen LogP contribution >= 0.6 is 0 Å². The molecule has 0 bridgehead atoms. The van der Waals surface area contributed by atoms with Gasteiger partial charge in [0.2, 0.25) is 5.95 Å². The summed E-state index contributed by atoms with van der Waals surface area (Å²) < 4.78 is 27.5.